The van der Waals surface area contributed by atoms with Crippen LogP contribution in [0.1, 0.15) is 37.0 Å². The van der Waals surface area contributed by atoms with Crippen molar-refractivity contribution in [1.29, 1.82) is 0 Å². The van der Waals surface area contributed by atoms with Crippen LogP contribution in [-0.4, -0.2) is 13.1 Å². The molecule has 1 aliphatic heterocycles. The molecule has 0 spiro atoms. The number of piperidine rings is 1. The van der Waals surface area contributed by atoms with Gasteiger partial charge >= 0.3 is 5.63 Å². The van der Waals surface area contributed by atoms with Crippen LogP contribution >= 0.6 is 0 Å². The molecule has 3 nitrogen and oxygen atoms in total. The van der Waals surface area contributed by atoms with Crippen molar-refractivity contribution in [1.82, 2.24) is 0 Å². The molecule has 0 bridgehead atoms. The number of hydrogen-bond acceptors (Lipinski definition) is 2. The van der Waals surface area contributed by atoms with Crippen molar-refractivity contribution in [2.24, 2.45) is 11.8 Å². The molecule has 0 amide bonds. The van der Waals surface area contributed by atoms with Gasteiger partial charge in [0.1, 0.15) is 12.1 Å². The van der Waals surface area contributed by atoms with E-state index in [2.05, 4.69) is 32.9 Å². The van der Waals surface area contributed by atoms with Crippen LogP contribution in [0.2, 0.25) is 0 Å². The summed E-state index contributed by atoms with van der Waals surface area (Å²) in [7, 11) is 0. The van der Waals surface area contributed by atoms with Crippen molar-refractivity contribution in [3.8, 4) is 0 Å². The highest BCUT2D eigenvalue weighted by Gasteiger charge is 2.26. The molecule has 3 atom stereocenters. The third-order valence-electron chi connectivity index (χ3n) is 5.04. The highest BCUT2D eigenvalue weighted by atomic mass is 16.4. The number of hydrogen-bond donors (Lipinski definition) is 1. The van der Waals surface area contributed by atoms with E-state index in [1.807, 2.05) is 6.92 Å². The number of aryl methyl sites for hydroxylation is 2. The topological polar surface area (TPSA) is 34.7 Å². The van der Waals surface area contributed by atoms with Crippen LogP contribution in [-0.2, 0) is 6.54 Å². The Bertz CT molecular complexity index is 737. The first-order chi connectivity index (χ1) is 10.4. The zero-order valence-electron chi connectivity index (χ0n) is 14.0. The minimum atomic E-state index is -0.228. The zero-order valence-corrected chi connectivity index (χ0v) is 14.0. The fourth-order valence-corrected chi connectivity index (χ4v) is 4.01. The molecule has 1 aromatic carbocycles. The molecular weight excluding hydrogens is 274 g/mol. The Labute approximate surface area is 131 Å². The van der Waals surface area contributed by atoms with Gasteiger partial charge in [-0.05, 0) is 31.4 Å². The van der Waals surface area contributed by atoms with Gasteiger partial charge in [-0.15, -0.1) is 0 Å². The van der Waals surface area contributed by atoms with Gasteiger partial charge in [0, 0.05) is 28.9 Å². The molecule has 1 unspecified atom stereocenters. The van der Waals surface area contributed by atoms with E-state index in [1.165, 1.54) is 25.1 Å². The van der Waals surface area contributed by atoms with E-state index in [4.69, 9.17) is 4.42 Å². The van der Waals surface area contributed by atoms with E-state index < -0.39 is 0 Å². The maximum Gasteiger partial charge on any atom is 0.336 e. The average Bonchev–Trinajstić information content (AvgIpc) is 2.42. The Kier molecular flexibility index (Phi) is 4.09. The van der Waals surface area contributed by atoms with Crippen molar-refractivity contribution in [2.45, 2.75) is 40.7 Å². The summed E-state index contributed by atoms with van der Waals surface area (Å²) in [6.07, 6.45) is 1.32. The highest BCUT2D eigenvalue weighted by molar-refractivity contribution is 5.83. The van der Waals surface area contributed by atoms with Crippen LogP contribution in [0.25, 0.3) is 11.0 Å². The molecule has 1 fully saturated rings. The van der Waals surface area contributed by atoms with E-state index >= 15 is 0 Å². The number of likely N-dealkylation sites (tertiary alicyclic amines) is 1. The molecule has 0 aliphatic carbocycles. The Morgan fingerprint density at radius 1 is 1.18 bits per heavy atom. The minimum absolute atomic E-state index is 0.228. The Morgan fingerprint density at radius 2 is 1.86 bits per heavy atom. The van der Waals surface area contributed by atoms with E-state index in [1.54, 1.807) is 11.0 Å². The van der Waals surface area contributed by atoms with Gasteiger partial charge in [0.15, 0.2) is 0 Å². The summed E-state index contributed by atoms with van der Waals surface area (Å²) in [4.78, 5) is 13.5. The normalized spacial score (nSPS) is 25.5. The van der Waals surface area contributed by atoms with E-state index in [0.29, 0.717) is 0 Å². The smallest absolute Gasteiger partial charge is 0.336 e. The molecule has 1 saturated heterocycles. The summed E-state index contributed by atoms with van der Waals surface area (Å²) in [5, 5.41) is 1.10. The van der Waals surface area contributed by atoms with Crippen LogP contribution in [0.4, 0.5) is 0 Å². The first-order valence-electron chi connectivity index (χ1n) is 8.30. The summed E-state index contributed by atoms with van der Waals surface area (Å²) in [5.41, 5.74) is 3.91. The number of benzene rings is 1. The molecule has 1 aliphatic rings. The lowest BCUT2D eigenvalue weighted by Crippen LogP contribution is -3.13. The van der Waals surface area contributed by atoms with Crippen LogP contribution in [0, 0.1) is 25.7 Å². The third-order valence-corrected chi connectivity index (χ3v) is 5.04. The Hall–Kier alpha value is -1.61. The fourth-order valence-electron chi connectivity index (χ4n) is 4.01. The van der Waals surface area contributed by atoms with Crippen LogP contribution in [0.3, 0.4) is 0 Å². The predicted octanol–water partition coefficient (Wildman–Crippen LogP) is 2.47. The first-order valence-corrected chi connectivity index (χ1v) is 8.30. The maximum atomic E-state index is 12.0. The molecule has 3 rings (SSSR count). The van der Waals surface area contributed by atoms with E-state index in [-0.39, 0.29) is 5.63 Å². The summed E-state index contributed by atoms with van der Waals surface area (Å²) in [6.45, 7) is 12.1. The summed E-state index contributed by atoms with van der Waals surface area (Å²) in [5.74, 6) is 1.52. The predicted molar refractivity (Wildman–Crippen MR) is 89.3 cm³/mol. The van der Waals surface area contributed by atoms with Crippen molar-refractivity contribution in [3.05, 3.63) is 45.3 Å². The molecule has 0 radical (unpaired) electrons. The van der Waals surface area contributed by atoms with Gasteiger partial charge in [-0.2, -0.15) is 0 Å². The maximum absolute atomic E-state index is 12.0. The Morgan fingerprint density at radius 3 is 2.55 bits per heavy atom. The van der Waals surface area contributed by atoms with Gasteiger partial charge in [0.05, 0.1) is 13.1 Å². The SMILES string of the molecule is Cc1ccc2c(C[NH+]3C[C@H](C)C[C@H](C)C3)cc(=O)oc2c1C. The van der Waals surface area contributed by atoms with E-state index in [9.17, 15) is 4.79 Å². The molecule has 1 N–H and O–H groups in total. The van der Waals surface area contributed by atoms with E-state index in [0.717, 1.165) is 40.5 Å². The lowest BCUT2D eigenvalue weighted by molar-refractivity contribution is -0.925. The summed E-state index contributed by atoms with van der Waals surface area (Å²) in [6, 6.07) is 5.91. The first kappa shape index (κ1) is 15.3. The molecular formula is C19H26NO2+. The minimum Gasteiger partial charge on any atom is -0.422 e. The molecule has 0 saturated carbocycles. The molecule has 2 aromatic rings. The second kappa shape index (κ2) is 5.88. The third kappa shape index (κ3) is 2.95. The molecule has 2 heterocycles. The van der Waals surface area contributed by atoms with Crippen molar-refractivity contribution < 1.29 is 9.32 Å². The fraction of sp³-hybridized carbons (Fsp3) is 0.526. The van der Waals surface area contributed by atoms with Crippen molar-refractivity contribution in [2.75, 3.05) is 13.1 Å². The molecule has 3 heteroatoms. The summed E-state index contributed by atoms with van der Waals surface area (Å²) >= 11 is 0. The van der Waals surface area contributed by atoms with Gasteiger partial charge in [-0.3, -0.25) is 0 Å². The lowest BCUT2D eigenvalue weighted by Gasteiger charge is -2.32. The van der Waals surface area contributed by atoms with Crippen molar-refractivity contribution >= 4 is 11.0 Å². The monoisotopic (exact) mass is 300 g/mol. The number of nitrogens with one attached hydrogen (secondary N) is 1. The quantitative estimate of drug-likeness (QED) is 0.865. The number of quaternary nitrogens is 1. The van der Waals surface area contributed by atoms with Crippen LogP contribution in [0.5, 0.6) is 0 Å². The second-order valence-electron chi connectivity index (χ2n) is 7.26. The van der Waals surface area contributed by atoms with Crippen LogP contribution in [0.15, 0.2) is 27.4 Å². The summed E-state index contributed by atoms with van der Waals surface area (Å²) < 4.78 is 5.48. The van der Waals surface area contributed by atoms with Crippen LogP contribution < -0.4 is 10.5 Å². The molecule has 1 aromatic heterocycles. The van der Waals surface area contributed by atoms with Crippen molar-refractivity contribution in [3.63, 3.8) is 0 Å². The number of rotatable bonds is 2. The standard InChI is InChI=1S/C19H25NO2/c1-12-7-13(2)10-20(9-12)11-16-8-18(21)22-19-15(4)14(3)5-6-17(16)19/h5-6,8,12-13H,7,9-11H2,1-4H3/p+1/t12-,13+. The average molecular weight is 300 g/mol. The molecule has 22 heavy (non-hydrogen) atoms. The Balaban J connectivity index is 2.00. The zero-order chi connectivity index (χ0) is 15.9. The van der Waals surface area contributed by atoms with Gasteiger partial charge in [0.25, 0.3) is 0 Å². The van der Waals surface area contributed by atoms with Gasteiger partial charge in [-0.1, -0.05) is 26.0 Å². The van der Waals surface area contributed by atoms with Gasteiger partial charge in [-0.25, -0.2) is 4.79 Å². The molecule has 118 valence electrons. The lowest BCUT2D eigenvalue weighted by atomic mass is 9.91. The van der Waals surface area contributed by atoms with Gasteiger partial charge < -0.3 is 9.32 Å². The highest BCUT2D eigenvalue weighted by Crippen LogP contribution is 2.23. The largest absolute Gasteiger partial charge is 0.422 e. The van der Waals surface area contributed by atoms with Gasteiger partial charge in [0.2, 0.25) is 0 Å². The number of fused-ring (bicyclic) bond motifs is 1. The second-order valence-corrected chi connectivity index (χ2v) is 7.26.